The monoisotopic (exact) mass is 378 g/mol. The number of aromatic nitrogens is 1. The van der Waals surface area contributed by atoms with Crippen LogP contribution in [0, 0.1) is 0 Å². The Morgan fingerprint density at radius 2 is 1.79 bits per heavy atom. The molecular weight excluding hydrogens is 352 g/mol. The predicted molar refractivity (Wildman–Crippen MR) is 108 cm³/mol. The molecule has 0 saturated carbocycles. The molecule has 6 nitrogen and oxygen atoms in total. The topological polar surface area (TPSA) is 65.5 Å². The van der Waals surface area contributed by atoms with Crippen molar-refractivity contribution in [3.63, 3.8) is 0 Å². The highest BCUT2D eigenvalue weighted by Gasteiger charge is 2.28. The van der Waals surface area contributed by atoms with Gasteiger partial charge in [-0.2, -0.15) is 0 Å². The van der Waals surface area contributed by atoms with Crippen molar-refractivity contribution in [1.29, 1.82) is 0 Å². The summed E-state index contributed by atoms with van der Waals surface area (Å²) in [5.41, 5.74) is 4.08. The van der Waals surface area contributed by atoms with E-state index in [1.807, 2.05) is 11.0 Å². The summed E-state index contributed by atoms with van der Waals surface area (Å²) >= 11 is 0. The van der Waals surface area contributed by atoms with Crippen LogP contribution in [0.2, 0.25) is 0 Å². The molecule has 1 N–H and O–H groups in total. The summed E-state index contributed by atoms with van der Waals surface area (Å²) in [6, 6.07) is 10.2. The molecule has 4 rings (SSSR count). The van der Waals surface area contributed by atoms with Gasteiger partial charge in [0.05, 0.1) is 0 Å². The molecule has 2 amide bonds. The number of rotatable bonds is 3. The molecule has 3 heterocycles. The Balaban J connectivity index is 1.41. The van der Waals surface area contributed by atoms with Gasteiger partial charge in [0.1, 0.15) is 0 Å². The average molecular weight is 378 g/mol. The molecule has 2 aliphatic heterocycles. The average Bonchev–Trinajstić information content (AvgIpc) is 2.74. The van der Waals surface area contributed by atoms with Crippen LogP contribution < -0.4 is 5.32 Å². The van der Waals surface area contributed by atoms with Crippen LogP contribution >= 0.6 is 0 Å². The third kappa shape index (κ3) is 4.07. The Kier molecular flexibility index (Phi) is 5.39. The van der Waals surface area contributed by atoms with Crippen molar-refractivity contribution >= 4 is 17.5 Å². The number of hydrogen-bond acceptors (Lipinski definition) is 4. The molecule has 2 aliphatic rings. The highest BCUT2D eigenvalue weighted by atomic mass is 16.2. The first kappa shape index (κ1) is 18.6. The number of carbonyl (C=O) groups is 2. The molecule has 146 valence electrons. The highest BCUT2D eigenvalue weighted by molar-refractivity contribution is 6.04. The van der Waals surface area contributed by atoms with Gasteiger partial charge < -0.3 is 10.2 Å². The van der Waals surface area contributed by atoms with E-state index in [1.54, 1.807) is 31.5 Å². The van der Waals surface area contributed by atoms with Crippen molar-refractivity contribution in [3.05, 3.63) is 59.4 Å². The fourth-order valence-electron chi connectivity index (χ4n) is 4.22. The number of amides is 2. The Bertz CT molecular complexity index is 860. The number of nitrogens with zero attached hydrogens (tertiary/aromatic N) is 3. The van der Waals surface area contributed by atoms with E-state index in [4.69, 9.17) is 0 Å². The van der Waals surface area contributed by atoms with E-state index in [-0.39, 0.29) is 11.8 Å². The van der Waals surface area contributed by atoms with Crippen LogP contribution in [-0.2, 0) is 17.8 Å². The first-order valence-electron chi connectivity index (χ1n) is 9.93. The van der Waals surface area contributed by atoms with Crippen molar-refractivity contribution in [2.75, 3.05) is 25.0 Å². The molecule has 2 aromatic rings. The number of nitrogens with one attached hydrogen (secondary N) is 1. The van der Waals surface area contributed by atoms with Crippen LogP contribution in [0.5, 0.6) is 0 Å². The molecule has 1 saturated heterocycles. The normalized spacial score (nSPS) is 17.8. The second kappa shape index (κ2) is 8.10. The van der Waals surface area contributed by atoms with Crippen LogP contribution in [0.15, 0.2) is 42.7 Å². The van der Waals surface area contributed by atoms with Crippen LogP contribution in [0.4, 0.5) is 5.69 Å². The van der Waals surface area contributed by atoms with Gasteiger partial charge in [-0.05, 0) is 54.7 Å². The summed E-state index contributed by atoms with van der Waals surface area (Å²) in [6.07, 6.45) is 6.34. The molecule has 0 unspecified atom stereocenters. The number of anilines is 1. The molecule has 0 spiro atoms. The van der Waals surface area contributed by atoms with Crippen LogP contribution in [0.3, 0.4) is 0 Å². The van der Waals surface area contributed by atoms with Gasteiger partial charge in [0.2, 0.25) is 5.91 Å². The maximum Gasteiger partial charge on any atom is 0.255 e. The van der Waals surface area contributed by atoms with Gasteiger partial charge in [-0.1, -0.05) is 6.07 Å². The van der Waals surface area contributed by atoms with Crippen LogP contribution in [0.25, 0.3) is 0 Å². The lowest BCUT2D eigenvalue weighted by atomic mass is 9.95. The zero-order valence-corrected chi connectivity index (χ0v) is 16.2. The Morgan fingerprint density at radius 1 is 1.04 bits per heavy atom. The lowest BCUT2D eigenvalue weighted by Gasteiger charge is -2.40. The van der Waals surface area contributed by atoms with Crippen molar-refractivity contribution in [2.24, 2.45) is 0 Å². The van der Waals surface area contributed by atoms with Crippen LogP contribution in [-0.4, -0.2) is 52.3 Å². The standard InChI is InChI=1S/C22H26N4O2/c1-16(27)25-12-7-21(8-13-25)26-11-6-17-2-3-20(14-19(17)15-26)24-22(28)18-4-9-23-10-5-18/h2-5,9-10,14,21H,6-8,11-13,15H2,1H3,(H,24,28). The van der Waals surface area contributed by atoms with E-state index in [2.05, 4.69) is 27.3 Å². The number of pyridine rings is 1. The zero-order valence-electron chi connectivity index (χ0n) is 16.2. The van der Waals surface area contributed by atoms with Gasteiger partial charge in [0.15, 0.2) is 0 Å². The summed E-state index contributed by atoms with van der Waals surface area (Å²) in [6.45, 7) is 5.31. The van der Waals surface area contributed by atoms with Crippen molar-refractivity contribution in [1.82, 2.24) is 14.8 Å². The molecule has 28 heavy (non-hydrogen) atoms. The number of carbonyl (C=O) groups excluding carboxylic acids is 2. The van der Waals surface area contributed by atoms with Crippen molar-refractivity contribution in [3.8, 4) is 0 Å². The summed E-state index contributed by atoms with van der Waals surface area (Å²) in [4.78, 5) is 32.4. The lowest BCUT2D eigenvalue weighted by molar-refractivity contribution is -0.130. The Labute approximate surface area is 165 Å². The summed E-state index contributed by atoms with van der Waals surface area (Å²) in [5, 5.41) is 2.99. The molecular formula is C22H26N4O2. The van der Waals surface area contributed by atoms with Gasteiger partial charge in [0, 0.05) is 62.8 Å². The smallest absolute Gasteiger partial charge is 0.255 e. The summed E-state index contributed by atoms with van der Waals surface area (Å²) in [7, 11) is 0. The van der Waals surface area contributed by atoms with Crippen molar-refractivity contribution in [2.45, 2.75) is 38.8 Å². The van der Waals surface area contributed by atoms with E-state index in [0.717, 1.165) is 51.1 Å². The minimum absolute atomic E-state index is 0.119. The molecule has 0 atom stereocenters. The second-order valence-electron chi connectivity index (χ2n) is 7.63. The maximum absolute atomic E-state index is 12.4. The minimum Gasteiger partial charge on any atom is -0.343 e. The number of piperidine rings is 1. The van der Waals surface area contributed by atoms with E-state index in [1.165, 1.54) is 11.1 Å². The lowest BCUT2D eigenvalue weighted by Crippen LogP contribution is -2.47. The molecule has 6 heteroatoms. The van der Waals surface area contributed by atoms with Gasteiger partial charge in [0.25, 0.3) is 5.91 Å². The number of benzene rings is 1. The highest BCUT2D eigenvalue weighted by Crippen LogP contribution is 2.27. The van der Waals surface area contributed by atoms with E-state index in [9.17, 15) is 9.59 Å². The molecule has 0 aliphatic carbocycles. The summed E-state index contributed by atoms with van der Waals surface area (Å²) in [5.74, 6) is 0.0589. The fraction of sp³-hybridized carbons (Fsp3) is 0.409. The quantitative estimate of drug-likeness (QED) is 0.892. The SMILES string of the molecule is CC(=O)N1CCC(N2CCc3ccc(NC(=O)c4ccncc4)cc3C2)CC1. The molecule has 1 aromatic carbocycles. The zero-order chi connectivity index (χ0) is 19.5. The van der Waals surface area contributed by atoms with E-state index >= 15 is 0 Å². The Morgan fingerprint density at radius 3 is 2.50 bits per heavy atom. The van der Waals surface area contributed by atoms with Gasteiger partial charge in [-0.25, -0.2) is 0 Å². The number of likely N-dealkylation sites (tertiary alicyclic amines) is 1. The van der Waals surface area contributed by atoms with Crippen LogP contribution in [0.1, 0.15) is 41.3 Å². The largest absolute Gasteiger partial charge is 0.343 e. The predicted octanol–water partition coefficient (Wildman–Crippen LogP) is 2.70. The van der Waals surface area contributed by atoms with Gasteiger partial charge in [-0.3, -0.25) is 19.5 Å². The maximum atomic E-state index is 12.4. The van der Waals surface area contributed by atoms with Crippen molar-refractivity contribution < 1.29 is 9.59 Å². The summed E-state index contributed by atoms with van der Waals surface area (Å²) < 4.78 is 0. The van der Waals surface area contributed by atoms with E-state index < -0.39 is 0 Å². The van der Waals surface area contributed by atoms with Gasteiger partial charge in [-0.15, -0.1) is 0 Å². The van der Waals surface area contributed by atoms with Gasteiger partial charge >= 0.3 is 0 Å². The second-order valence-corrected chi connectivity index (χ2v) is 7.63. The third-order valence-corrected chi connectivity index (χ3v) is 5.87. The fourth-order valence-corrected chi connectivity index (χ4v) is 4.22. The third-order valence-electron chi connectivity index (χ3n) is 5.87. The first-order chi connectivity index (χ1) is 13.6. The Hall–Kier alpha value is -2.73. The molecule has 0 bridgehead atoms. The molecule has 1 fully saturated rings. The number of hydrogen-bond donors (Lipinski definition) is 1. The minimum atomic E-state index is -0.119. The molecule has 1 aromatic heterocycles. The van der Waals surface area contributed by atoms with E-state index in [0.29, 0.717) is 11.6 Å². The first-order valence-corrected chi connectivity index (χ1v) is 9.93. The number of fused-ring (bicyclic) bond motifs is 1. The molecule has 0 radical (unpaired) electrons.